The molecule has 0 atom stereocenters. The number of furan rings is 1. The van der Waals surface area contributed by atoms with E-state index in [-0.39, 0.29) is 11.8 Å². The predicted molar refractivity (Wildman–Crippen MR) is 194 cm³/mol. The normalized spacial score (nSPS) is 12.8. The smallest absolute Gasteiger partial charge is 0.227 e. The Morgan fingerprint density at radius 3 is 2.06 bits per heavy atom. The zero-order valence-electron chi connectivity index (χ0n) is 29.0. The average molecular weight is 614 g/mol. The quantitative estimate of drug-likeness (QED) is 0.180. The molecule has 0 spiro atoms. The van der Waals surface area contributed by atoms with Gasteiger partial charge in [-0.25, -0.2) is 9.97 Å². The first kappa shape index (κ1) is 26.7. The van der Waals surface area contributed by atoms with E-state index in [9.17, 15) is 0 Å². The molecule has 0 aliphatic heterocycles. The summed E-state index contributed by atoms with van der Waals surface area (Å²) in [4.78, 5) is 10.0. The highest BCUT2D eigenvalue weighted by molar-refractivity contribution is 6.08. The van der Waals surface area contributed by atoms with Crippen molar-refractivity contribution >= 4 is 33.1 Å². The van der Waals surface area contributed by atoms with E-state index in [1.165, 1.54) is 22.3 Å². The van der Waals surface area contributed by atoms with E-state index < -0.39 is 6.37 Å². The summed E-state index contributed by atoms with van der Waals surface area (Å²) in [7, 11) is 0. The third-order valence-electron chi connectivity index (χ3n) is 8.96. The van der Waals surface area contributed by atoms with Crippen LogP contribution in [-0.4, -0.2) is 14.5 Å². The summed E-state index contributed by atoms with van der Waals surface area (Å²) in [6, 6.07) is 42.6. The maximum atomic E-state index is 8.91. The molecule has 4 nitrogen and oxygen atoms in total. The van der Waals surface area contributed by atoms with Crippen molar-refractivity contribution < 1.29 is 7.16 Å². The Balaban J connectivity index is 1.39. The van der Waals surface area contributed by atoms with Crippen molar-refractivity contribution in [2.24, 2.45) is 0 Å². The second-order valence-electron chi connectivity index (χ2n) is 12.8. The summed E-state index contributed by atoms with van der Waals surface area (Å²) in [6.07, 6.45) is -1.78. The highest BCUT2D eigenvalue weighted by atomic mass is 16.3. The Labute approximate surface area is 278 Å². The molecule has 0 saturated carbocycles. The van der Waals surface area contributed by atoms with Crippen LogP contribution >= 0.6 is 0 Å². The predicted octanol–water partition coefficient (Wildman–Crippen LogP) is 11.5. The standard InChI is InChI=1S/C43H37N3O/c1-27(2)36-25-31(30-16-9-6-10-17-30)26-37(28(3)4)40(36)46-39-21-12-11-20-38(39)45-42(46)35-19-13-18-33-34-23-22-32(44-43(34)47-41(33)35)24-29-14-7-5-8-15-29/h5-23,25-28H,24H2,1-4H3/i24D2. The molecule has 0 fully saturated rings. The number of hydrogen-bond donors (Lipinski definition) is 0. The van der Waals surface area contributed by atoms with Gasteiger partial charge in [0.05, 0.1) is 22.3 Å². The molecule has 8 rings (SSSR count). The van der Waals surface area contributed by atoms with Gasteiger partial charge in [0.15, 0.2) is 0 Å². The topological polar surface area (TPSA) is 43.9 Å². The number of rotatable bonds is 7. The van der Waals surface area contributed by atoms with Gasteiger partial charge in [-0.2, -0.15) is 0 Å². The second-order valence-corrected chi connectivity index (χ2v) is 12.8. The SMILES string of the molecule is [2H]C([2H])(c1ccccc1)c1ccc2c(n1)oc1c(-c3nc4ccccc4n3-c3c(C(C)C)cc(-c4ccccc4)cc3C(C)C)cccc12. The minimum atomic E-state index is -1.78. The van der Waals surface area contributed by atoms with E-state index in [2.05, 4.69) is 99.0 Å². The van der Waals surface area contributed by atoms with Gasteiger partial charge in [0, 0.05) is 25.6 Å². The molecular weight excluding hydrogens is 574 g/mol. The van der Waals surface area contributed by atoms with Crippen molar-refractivity contribution in [1.82, 2.24) is 14.5 Å². The molecule has 5 aromatic carbocycles. The van der Waals surface area contributed by atoms with Crippen LogP contribution in [0.3, 0.4) is 0 Å². The van der Waals surface area contributed by atoms with Gasteiger partial charge in [0.2, 0.25) is 5.71 Å². The first-order chi connectivity index (χ1) is 23.7. The van der Waals surface area contributed by atoms with E-state index >= 15 is 0 Å². The highest BCUT2D eigenvalue weighted by Crippen LogP contribution is 2.42. The number of pyridine rings is 1. The molecule has 8 aromatic rings. The largest absolute Gasteiger partial charge is 0.437 e. The molecule has 0 amide bonds. The number of benzene rings is 5. The summed E-state index contributed by atoms with van der Waals surface area (Å²) in [5.74, 6) is 1.28. The Morgan fingerprint density at radius 1 is 0.660 bits per heavy atom. The molecular formula is C43H37N3O. The number of imidazole rings is 1. The third kappa shape index (κ3) is 5.11. The van der Waals surface area contributed by atoms with E-state index in [4.69, 9.17) is 17.1 Å². The molecule has 4 heteroatoms. The summed E-state index contributed by atoms with van der Waals surface area (Å²) < 4.78 is 26.7. The van der Waals surface area contributed by atoms with Gasteiger partial charge in [0.1, 0.15) is 11.4 Å². The number of nitrogens with zero attached hydrogens (tertiary/aromatic N) is 3. The van der Waals surface area contributed by atoms with Crippen LogP contribution < -0.4 is 0 Å². The van der Waals surface area contributed by atoms with Crippen molar-refractivity contribution in [2.45, 2.75) is 45.9 Å². The average Bonchev–Trinajstić information content (AvgIpc) is 3.70. The van der Waals surface area contributed by atoms with E-state index in [0.29, 0.717) is 22.6 Å². The Bertz CT molecular complexity index is 2450. The van der Waals surface area contributed by atoms with Gasteiger partial charge in [-0.3, -0.25) is 4.57 Å². The van der Waals surface area contributed by atoms with E-state index in [1.54, 1.807) is 18.2 Å². The van der Waals surface area contributed by atoms with Gasteiger partial charge in [0.25, 0.3) is 0 Å². The molecule has 0 aliphatic carbocycles. The fourth-order valence-corrected chi connectivity index (χ4v) is 6.64. The molecule has 0 aliphatic rings. The van der Waals surface area contributed by atoms with Crippen molar-refractivity contribution in [3.8, 4) is 28.2 Å². The Hall–Kier alpha value is -5.48. The number of fused-ring (bicyclic) bond motifs is 4. The molecule has 3 aromatic heterocycles. The Morgan fingerprint density at radius 2 is 1.34 bits per heavy atom. The third-order valence-corrected chi connectivity index (χ3v) is 8.96. The van der Waals surface area contributed by atoms with E-state index in [1.807, 2.05) is 42.5 Å². The van der Waals surface area contributed by atoms with Crippen LogP contribution in [0.1, 0.15) is 64.7 Å². The maximum absolute atomic E-state index is 8.91. The molecule has 0 unspecified atom stereocenters. The van der Waals surface area contributed by atoms with Gasteiger partial charge in [-0.05, 0) is 82.1 Å². The van der Waals surface area contributed by atoms with Gasteiger partial charge in [-0.1, -0.05) is 113 Å². The summed E-state index contributed by atoms with van der Waals surface area (Å²) in [5, 5.41) is 1.75. The summed E-state index contributed by atoms with van der Waals surface area (Å²) in [6.45, 7) is 9.03. The Kier molecular flexibility index (Phi) is 6.65. The molecule has 47 heavy (non-hydrogen) atoms. The van der Waals surface area contributed by atoms with Crippen LogP contribution in [0.5, 0.6) is 0 Å². The minimum absolute atomic E-state index is 0.245. The fourth-order valence-electron chi connectivity index (χ4n) is 6.64. The maximum Gasteiger partial charge on any atom is 0.227 e. The first-order valence-corrected chi connectivity index (χ1v) is 16.3. The number of hydrogen-bond acceptors (Lipinski definition) is 3. The van der Waals surface area contributed by atoms with E-state index in [0.717, 1.165) is 38.9 Å². The van der Waals surface area contributed by atoms with Crippen molar-refractivity contribution in [3.63, 3.8) is 0 Å². The molecule has 0 bridgehead atoms. The molecule has 230 valence electrons. The second kappa shape index (κ2) is 11.7. The van der Waals surface area contributed by atoms with Gasteiger partial charge in [-0.15, -0.1) is 0 Å². The van der Waals surface area contributed by atoms with Gasteiger partial charge >= 0.3 is 0 Å². The van der Waals surface area contributed by atoms with Crippen LogP contribution in [0.15, 0.2) is 132 Å². The summed E-state index contributed by atoms with van der Waals surface area (Å²) >= 11 is 0. The lowest BCUT2D eigenvalue weighted by molar-refractivity contribution is 0.652. The summed E-state index contributed by atoms with van der Waals surface area (Å²) in [5.41, 5.74) is 10.8. The van der Waals surface area contributed by atoms with Gasteiger partial charge < -0.3 is 4.42 Å². The monoisotopic (exact) mass is 613 g/mol. The molecule has 0 N–H and O–H groups in total. The first-order valence-electron chi connectivity index (χ1n) is 17.3. The van der Waals surface area contributed by atoms with Crippen LogP contribution in [0.25, 0.3) is 61.3 Å². The van der Waals surface area contributed by atoms with Crippen molar-refractivity contribution in [1.29, 1.82) is 0 Å². The van der Waals surface area contributed by atoms with Crippen LogP contribution in [0.4, 0.5) is 0 Å². The number of aromatic nitrogens is 3. The number of para-hydroxylation sites is 3. The van der Waals surface area contributed by atoms with Crippen LogP contribution in [-0.2, 0) is 6.37 Å². The lowest BCUT2D eigenvalue weighted by Gasteiger charge is -2.24. The van der Waals surface area contributed by atoms with Crippen LogP contribution in [0.2, 0.25) is 0 Å². The molecule has 3 heterocycles. The lowest BCUT2D eigenvalue weighted by Crippen LogP contribution is -2.09. The molecule has 0 saturated heterocycles. The zero-order chi connectivity index (χ0) is 33.9. The van der Waals surface area contributed by atoms with Crippen LogP contribution in [0, 0.1) is 0 Å². The lowest BCUT2D eigenvalue weighted by atomic mass is 9.88. The van der Waals surface area contributed by atoms with Crippen molar-refractivity contribution in [3.05, 3.63) is 150 Å². The zero-order valence-corrected chi connectivity index (χ0v) is 27.0. The van der Waals surface area contributed by atoms with Crippen molar-refractivity contribution in [2.75, 3.05) is 0 Å². The molecule has 0 radical (unpaired) electrons. The minimum Gasteiger partial charge on any atom is -0.437 e. The highest BCUT2D eigenvalue weighted by Gasteiger charge is 2.25. The fraction of sp³-hybridized carbons (Fsp3) is 0.163.